The Morgan fingerprint density at radius 3 is 2.18 bits per heavy atom. The molecule has 88 valence electrons. The highest BCUT2D eigenvalue weighted by Crippen LogP contribution is 2.29. The van der Waals surface area contributed by atoms with Crippen LogP contribution in [0, 0.1) is 27.7 Å². The van der Waals surface area contributed by atoms with E-state index in [1.54, 1.807) is 12.1 Å². The number of hydrogen-bond acceptors (Lipinski definition) is 1. The average molecular weight is 228 g/mol. The molecule has 0 fully saturated rings. The Morgan fingerprint density at radius 1 is 0.941 bits per heavy atom. The molecular weight excluding hydrogens is 212 g/mol. The van der Waals surface area contributed by atoms with Crippen LogP contribution in [0.3, 0.4) is 0 Å². The largest absolute Gasteiger partial charge is 0.478 e. The summed E-state index contributed by atoms with van der Waals surface area (Å²) in [4.78, 5) is 11.1. The van der Waals surface area contributed by atoms with Gasteiger partial charge in [-0.3, -0.25) is 0 Å². The van der Waals surface area contributed by atoms with E-state index in [2.05, 4.69) is 19.9 Å². The second-order valence-electron chi connectivity index (χ2n) is 4.66. The quantitative estimate of drug-likeness (QED) is 0.806. The molecule has 0 atom stereocenters. The van der Waals surface area contributed by atoms with Gasteiger partial charge in [-0.2, -0.15) is 0 Å². The number of carbonyl (C=O) groups is 1. The molecule has 0 saturated heterocycles. The van der Waals surface area contributed by atoms with Gasteiger partial charge in [0.1, 0.15) is 0 Å². The van der Waals surface area contributed by atoms with Crippen LogP contribution in [-0.4, -0.2) is 11.1 Å². The van der Waals surface area contributed by atoms with Gasteiger partial charge in [0.2, 0.25) is 0 Å². The Hall–Kier alpha value is -1.83. The molecule has 0 amide bonds. The Labute approximate surface area is 101 Å². The van der Waals surface area contributed by atoms with E-state index in [9.17, 15) is 4.79 Å². The van der Waals surface area contributed by atoms with Crippen molar-refractivity contribution in [3.05, 3.63) is 46.0 Å². The number of aromatic carboxylic acids is 1. The Balaban J connectivity index is 2.95. The minimum absolute atomic E-state index is 0.362. The molecule has 2 nitrogen and oxygen atoms in total. The molecule has 0 unspecified atom stereocenters. The summed E-state index contributed by atoms with van der Waals surface area (Å²) in [7, 11) is 0. The monoisotopic (exact) mass is 228 g/mol. The molecule has 0 aromatic heterocycles. The molecule has 0 heterocycles. The Morgan fingerprint density at radius 2 is 1.59 bits per heavy atom. The summed E-state index contributed by atoms with van der Waals surface area (Å²) < 4.78 is 0. The van der Waals surface area contributed by atoms with Gasteiger partial charge in [-0.05, 0) is 72.9 Å². The second kappa shape index (κ2) is 3.88. The van der Waals surface area contributed by atoms with Crippen molar-refractivity contribution < 1.29 is 9.90 Å². The third-order valence-corrected chi connectivity index (χ3v) is 3.41. The first kappa shape index (κ1) is 11.6. The van der Waals surface area contributed by atoms with Gasteiger partial charge in [-0.15, -0.1) is 0 Å². The van der Waals surface area contributed by atoms with Crippen LogP contribution in [0.5, 0.6) is 0 Å². The molecule has 2 aromatic rings. The lowest BCUT2D eigenvalue weighted by Gasteiger charge is -2.13. The SMILES string of the molecule is Cc1cc(C)c2cc(C(=O)O)cc(C)c2c1C. The minimum atomic E-state index is -0.868. The van der Waals surface area contributed by atoms with Crippen LogP contribution >= 0.6 is 0 Å². The van der Waals surface area contributed by atoms with E-state index in [0.717, 1.165) is 16.5 Å². The highest BCUT2D eigenvalue weighted by atomic mass is 16.4. The van der Waals surface area contributed by atoms with Gasteiger partial charge in [0.05, 0.1) is 5.56 Å². The van der Waals surface area contributed by atoms with E-state index in [-0.39, 0.29) is 0 Å². The average Bonchev–Trinajstić information content (AvgIpc) is 2.25. The van der Waals surface area contributed by atoms with Crippen molar-refractivity contribution >= 4 is 16.7 Å². The van der Waals surface area contributed by atoms with Crippen molar-refractivity contribution in [2.24, 2.45) is 0 Å². The van der Waals surface area contributed by atoms with Crippen LogP contribution in [-0.2, 0) is 0 Å². The van der Waals surface area contributed by atoms with E-state index in [1.807, 2.05) is 13.8 Å². The summed E-state index contributed by atoms with van der Waals surface area (Å²) in [5.41, 5.74) is 5.01. The zero-order valence-electron chi connectivity index (χ0n) is 10.6. The van der Waals surface area contributed by atoms with Crippen LogP contribution in [0.2, 0.25) is 0 Å². The summed E-state index contributed by atoms with van der Waals surface area (Å²) in [6.07, 6.45) is 0. The Bertz CT molecular complexity index is 625. The summed E-state index contributed by atoms with van der Waals surface area (Å²) >= 11 is 0. The smallest absolute Gasteiger partial charge is 0.335 e. The maximum atomic E-state index is 11.1. The van der Waals surface area contributed by atoms with Crippen molar-refractivity contribution in [2.75, 3.05) is 0 Å². The third-order valence-electron chi connectivity index (χ3n) is 3.41. The molecular formula is C15H16O2. The third kappa shape index (κ3) is 1.80. The topological polar surface area (TPSA) is 37.3 Å². The van der Waals surface area contributed by atoms with Crippen LogP contribution in [0.4, 0.5) is 0 Å². The molecule has 1 N–H and O–H groups in total. The van der Waals surface area contributed by atoms with Gasteiger partial charge >= 0.3 is 5.97 Å². The zero-order chi connectivity index (χ0) is 12.7. The van der Waals surface area contributed by atoms with Crippen molar-refractivity contribution in [1.29, 1.82) is 0 Å². The fourth-order valence-corrected chi connectivity index (χ4v) is 2.43. The molecule has 0 aliphatic heterocycles. The highest BCUT2D eigenvalue weighted by molar-refractivity contribution is 5.99. The number of carboxylic acids is 1. The number of fused-ring (bicyclic) bond motifs is 1. The maximum absolute atomic E-state index is 11.1. The van der Waals surface area contributed by atoms with E-state index in [0.29, 0.717) is 5.56 Å². The fraction of sp³-hybridized carbons (Fsp3) is 0.267. The summed E-state index contributed by atoms with van der Waals surface area (Å²) in [6, 6.07) is 5.63. The van der Waals surface area contributed by atoms with Gasteiger partial charge in [0.15, 0.2) is 0 Å². The summed E-state index contributed by atoms with van der Waals surface area (Å²) in [5.74, 6) is -0.868. The Kier molecular flexibility index (Phi) is 2.66. The predicted molar refractivity (Wildman–Crippen MR) is 69.9 cm³/mol. The molecule has 0 saturated carbocycles. The van der Waals surface area contributed by atoms with Gasteiger partial charge in [-0.1, -0.05) is 6.07 Å². The normalized spacial score (nSPS) is 10.8. The lowest BCUT2D eigenvalue weighted by molar-refractivity contribution is 0.0697. The van der Waals surface area contributed by atoms with E-state index in [1.165, 1.54) is 16.5 Å². The zero-order valence-corrected chi connectivity index (χ0v) is 10.6. The summed E-state index contributed by atoms with van der Waals surface area (Å²) in [6.45, 7) is 8.18. The maximum Gasteiger partial charge on any atom is 0.335 e. The molecule has 0 bridgehead atoms. The number of hydrogen-bond donors (Lipinski definition) is 1. The van der Waals surface area contributed by atoms with Gasteiger partial charge in [-0.25, -0.2) is 4.79 Å². The van der Waals surface area contributed by atoms with Crippen molar-refractivity contribution in [3.8, 4) is 0 Å². The molecule has 0 aliphatic carbocycles. The van der Waals surface area contributed by atoms with E-state index >= 15 is 0 Å². The molecule has 17 heavy (non-hydrogen) atoms. The lowest BCUT2D eigenvalue weighted by Crippen LogP contribution is -1.99. The number of carboxylic acid groups (broad SMARTS) is 1. The highest BCUT2D eigenvalue weighted by Gasteiger charge is 2.11. The number of rotatable bonds is 1. The first-order valence-electron chi connectivity index (χ1n) is 5.66. The van der Waals surface area contributed by atoms with Crippen LogP contribution in [0.25, 0.3) is 10.8 Å². The minimum Gasteiger partial charge on any atom is -0.478 e. The van der Waals surface area contributed by atoms with Crippen molar-refractivity contribution in [2.45, 2.75) is 27.7 Å². The lowest BCUT2D eigenvalue weighted by atomic mass is 9.92. The summed E-state index contributed by atoms with van der Waals surface area (Å²) in [5, 5.41) is 11.3. The van der Waals surface area contributed by atoms with Crippen molar-refractivity contribution in [3.63, 3.8) is 0 Å². The van der Waals surface area contributed by atoms with Gasteiger partial charge in [0.25, 0.3) is 0 Å². The second-order valence-corrected chi connectivity index (χ2v) is 4.66. The fourth-order valence-electron chi connectivity index (χ4n) is 2.43. The molecule has 2 heteroatoms. The van der Waals surface area contributed by atoms with Crippen LogP contribution in [0.15, 0.2) is 18.2 Å². The van der Waals surface area contributed by atoms with Gasteiger partial charge < -0.3 is 5.11 Å². The molecule has 2 rings (SSSR count). The molecule has 0 spiro atoms. The van der Waals surface area contributed by atoms with Gasteiger partial charge in [0, 0.05) is 0 Å². The van der Waals surface area contributed by atoms with Crippen LogP contribution in [0.1, 0.15) is 32.6 Å². The molecule has 0 radical (unpaired) electrons. The number of benzene rings is 2. The number of aryl methyl sites for hydroxylation is 4. The standard InChI is InChI=1S/C15H16O2/c1-8-5-9(2)13-7-12(15(16)17)6-10(3)14(13)11(8)4/h5-7H,1-4H3,(H,16,17). The first-order chi connectivity index (χ1) is 7.91. The van der Waals surface area contributed by atoms with Crippen LogP contribution < -0.4 is 0 Å². The first-order valence-corrected chi connectivity index (χ1v) is 5.66. The van der Waals surface area contributed by atoms with Crippen molar-refractivity contribution in [1.82, 2.24) is 0 Å². The molecule has 0 aliphatic rings. The van der Waals surface area contributed by atoms with E-state index in [4.69, 9.17) is 5.11 Å². The molecule has 2 aromatic carbocycles. The predicted octanol–water partition coefficient (Wildman–Crippen LogP) is 3.77. The van der Waals surface area contributed by atoms with E-state index < -0.39 is 5.97 Å².